The first kappa shape index (κ1) is 16.7. The van der Waals surface area contributed by atoms with Gasteiger partial charge in [-0.3, -0.25) is 4.79 Å². The molecule has 0 aliphatic rings. The van der Waals surface area contributed by atoms with Crippen molar-refractivity contribution in [3.05, 3.63) is 46.3 Å². The molecule has 5 heteroatoms. The summed E-state index contributed by atoms with van der Waals surface area (Å²) in [7, 11) is 0. The molecule has 0 spiro atoms. The standard InChI is InChI=1S/C19H22N2O2S/c1-12-8-17(24-11-12)19-14(4-2-3-7-20)15-9-13(10-18(22)23)5-6-16(15)21-19/h5-6,8-9,11,21H,2-4,7,10,20H2,1H3,(H,22,23). The van der Waals surface area contributed by atoms with Gasteiger partial charge in [-0.1, -0.05) is 6.07 Å². The average molecular weight is 342 g/mol. The van der Waals surface area contributed by atoms with Gasteiger partial charge in [0.2, 0.25) is 0 Å². The van der Waals surface area contributed by atoms with Gasteiger partial charge in [0.25, 0.3) is 0 Å². The number of aryl methyl sites for hydroxylation is 2. The van der Waals surface area contributed by atoms with Crippen LogP contribution < -0.4 is 5.73 Å². The molecule has 2 aromatic heterocycles. The summed E-state index contributed by atoms with van der Waals surface area (Å²) in [5.41, 5.74) is 11.2. The van der Waals surface area contributed by atoms with E-state index in [9.17, 15) is 4.79 Å². The summed E-state index contributed by atoms with van der Waals surface area (Å²) in [5.74, 6) is -0.802. The largest absolute Gasteiger partial charge is 0.481 e. The van der Waals surface area contributed by atoms with Gasteiger partial charge >= 0.3 is 5.97 Å². The predicted molar refractivity (Wildman–Crippen MR) is 99.7 cm³/mol. The minimum absolute atomic E-state index is 0.0524. The van der Waals surface area contributed by atoms with Crippen molar-refractivity contribution < 1.29 is 9.90 Å². The number of aromatic amines is 1. The molecule has 0 atom stereocenters. The third-order valence-corrected chi connectivity index (χ3v) is 5.25. The van der Waals surface area contributed by atoms with Gasteiger partial charge in [0.05, 0.1) is 17.0 Å². The molecule has 1 aromatic carbocycles. The number of nitrogens with two attached hydrogens (primary N) is 1. The SMILES string of the molecule is Cc1csc(-c2[nH]c3ccc(CC(=O)O)cc3c2CCCCN)c1. The zero-order valence-corrected chi connectivity index (χ0v) is 14.6. The number of aliphatic carboxylic acids is 1. The van der Waals surface area contributed by atoms with Crippen LogP contribution >= 0.6 is 11.3 Å². The quantitative estimate of drug-likeness (QED) is 0.565. The summed E-state index contributed by atoms with van der Waals surface area (Å²) < 4.78 is 0. The Labute approximate surface area is 145 Å². The first-order valence-electron chi connectivity index (χ1n) is 8.19. The molecule has 2 heterocycles. The van der Waals surface area contributed by atoms with E-state index in [1.54, 1.807) is 11.3 Å². The van der Waals surface area contributed by atoms with Crippen LogP contribution in [0.4, 0.5) is 0 Å². The monoisotopic (exact) mass is 342 g/mol. The van der Waals surface area contributed by atoms with Gasteiger partial charge in [0, 0.05) is 10.9 Å². The molecule has 0 unspecified atom stereocenters. The average Bonchev–Trinajstić information content (AvgIpc) is 3.11. The molecule has 0 aliphatic carbocycles. The number of thiophene rings is 1. The number of carboxylic acid groups (broad SMARTS) is 1. The lowest BCUT2D eigenvalue weighted by Crippen LogP contribution is -2.00. The zero-order valence-electron chi connectivity index (χ0n) is 13.8. The van der Waals surface area contributed by atoms with Gasteiger partial charge < -0.3 is 15.8 Å². The molecule has 3 rings (SSSR count). The van der Waals surface area contributed by atoms with Gasteiger partial charge in [-0.2, -0.15) is 0 Å². The number of fused-ring (bicyclic) bond motifs is 1. The second-order valence-corrected chi connectivity index (χ2v) is 7.07. The van der Waals surface area contributed by atoms with Crippen LogP contribution in [-0.4, -0.2) is 22.6 Å². The summed E-state index contributed by atoms with van der Waals surface area (Å²) in [5, 5.41) is 12.3. The Morgan fingerprint density at radius 2 is 2.12 bits per heavy atom. The zero-order chi connectivity index (χ0) is 17.1. The van der Waals surface area contributed by atoms with Crippen LogP contribution in [0.15, 0.2) is 29.6 Å². The lowest BCUT2D eigenvalue weighted by atomic mass is 10.0. The third-order valence-electron chi connectivity index (χ3n) is 4.18. The first-order chi connectivity index (χ1) is 11.6. The molecule has 4 nitrogen and oxygen atoms in total. The molecule has 0 aliphatic heterocycles. The van der Waals surface area contributed by atoms with Crippen LogP contribution in [0.3, 0.4) is 0 Å². The van der Waals surface area contributed by atoms with Crippen molar-refractivity contribution in [3.8, 4) is 10.6 Å². The topological polar surface area (TPSA) is 79.1 Å². The molecule has 0 saturated heterocycles. The van der Waals surface area contributed by atoms with Crippen LogP contribution in [0.2, 0.25) is 0 Å². The second kappa shape index (κ2) is 7.20. The van der Waals surface area contributed by atoms with Crippen molar-refractivity contribution in [1.82, 2.24) is 4.98 Å². The molecule has 3 aromatic rings. The van der Waals surface area contributed by atoms with Gasteiger partial charge in [-0.05, 0) is 73.0 Å². The van der Waals surface area contributed by atoms with Crippen molar-refractivity contribution in [3.63, 3.8) is 0 Å². The molecular weight excluding hydrogens is 320 g/mol. The van der Waals surface area contributed by atoms with E-state index >= 15 is 0 Å². The molecule has 0 fully saturated rings. The molecular formula is C19H22N2O2S. The minimum atomic E-state index is -0.802. The van der Waals surface area contributed by atoms with Crippen molar-refractivity contribution in [1.29, 1.82) is 0 Å². The maximum absolute atomic E-state index is 11.0. The second-order valence-electron chi connectivity index (χ2n) is 6.16. The number of rotatable bonds is 7. The number of carbonyl (C=O) groups is 1. The van der Waals surface area contributed by atoms with Crippen LogP contribution in [0.1, 0.15) is 29.5 Å². The molecule has 0 radical (unpaired) electrons. The highest BCUT2D eigenvalue weighted by molar-refractivity contribution is 7.13. The Morgan fingerprint density at radius 3 is 2.79 bits per heavy atom. The molecule has 0 amide bonds. The lowest BCUT2D eigenvalue weighted by molar-refractivity contribution is -0.136. The lowest BCUT2D eigenvalue weighted by Gasteiger charge is -2.04. The number of benzene rings is 1. The maximum Gasteiger partial charge on any atom is 0.307 e. The highest BCUT2D eigenvalue weighted by Gasteiger charge is 2.15. The molecule has 126 valence electrons. The van der Waals surface area contributed by atoms with Crippen LogP contribution in [-0.2, 0) is 17.6 Å². The Morgan fingerprint density at radius 1 is 1.29 bits per heavy atom. The number of aromatic nitrogens is 1. The van der Waals surface area contributed by atoms with Crippen molar-refractivity contribution >= 4 is 28.2 Å². The highest BCUT2D eigenvalue weighted by atomic mass is 32.1. The Hall–Kier alpha value is -2.11. The van der Waals surface area contributed by atoms with Crippen molar-refractivity contribution in [2.75, 3.05) is 6.54 Å². The third kappa shape index (κ3) is 3.52. The number of carboxylic acids is 1. The van der Waals surface area contributed by atoms with Gasteiger partial charge in [0.15, 0.2) is 0 Å². The van der Waals surface area contributed by atoms with Crippen molar-refractivity contribution in [2.24, 2.45) is 5.73 Å². The summed E-state index contributed by atoms with van der Waals surface area (Å²) in [4.78, 5) is 15.8. The molecule has 0 saturated carbocycles. The van der Waals surface area contributed by atoms with Crippen molar-refractivity contribution in [2.45, 2.75) is 32.6 Å². The number of unbranched alkanes of at least 4 members (excludes halogenated alkanes) is 1. The number of nitrogens with one attached hydrogen (secondary N) is 1. The Balaban J connectivity index is 2.08. The van der Waals surface area contributed by atoms with Gasteiger partial charge in [-0.25, -0.2) is 0 Å². The van der Waals surface area contributed by atoms with Crippen LogP contribution in [0, 0.1) is 6.92 Å². The van der Waals surface area contributed by atoms with E-state index in [0.717, 1.165) is 41.4 Å². The summed E-state index contributed by atoms with van der Waals surface area (Å²) in [6.45, 7) is 2.79. The summed E-state index contributed by atoms with van der Waals surface area (Å²) >= 11 is 1.74. The van der Waals surface area contributed by atoms with E-state index in [0.29, 0.717) is 6.54 Å². The summed E-state index contributed by atoms with van der Waals surface area (Å²) in [6.07, 6.45) is 3.02. The number of H-pyrrole nitrogens is 1. The molecule has 0 bridgehead atoms. The number of hydrogen-bond acceptors (Lipinski definition) is 3. The van der Waals surface area contributed by atoms with E-state index < -0.39 is 5.97 Å². The fraction of sp³-hybridized carbons (Fsp3) is 0.316. The fourth-order valence-corrected chi connectivity index (χ4v) is 3.98. The molecule has 4 N–H and O–H groups in total. The number of hydrogen-bond donors (Lipinski definition) is 3. The highest BCUT2D eigenvalue weighted by Crippen LogP contribution is 2.35. The minimum Gasteiger partial charge on any atom is -0.481 e. The molecule has 24 heavy (non-hydrogen) atoms. The van der Waals surface area contributed by atoms with E-state index in [-0.39, 0.29) is 6.42 Å². The maximum atomic E-state index is 11.0. The predicted octanol–water partition coefficient (Wildman–Crippen LogP) is 4.11. The van der Waals surface area contributed by atoms with E-state index in [4.69, 9.17) is 10.8 Å². The first-order valence-corrected chi connectivity index (χ1v) is 9.07. The van der Waals surface area contributed by atoms with E-state index in [2.05, 4.69) is 23.4 Å². The normalized spacial score (nSPS) is 11.2. The fourth-order valence-electron chi connectivity index (χ4n) is 3.06. The van der Waals surface area contributed by atoms with Crippen LogP contribution in [0.25, 0.3) is 21.5 Å². The van der Waals surface area contributed by atoms with E-state index in [1.807, 2.05) is 18.2 Å². The van der Waals surface area contributed by atoms with E-state index in [1.165, 1.54) is 16.0 Å². The van der Waals surface area contributed by atoms with Gasteiger partial charge in [0.1, 0.15) is 0 Å². The van der Waals surface area contributed by atoms with Crippen LogP contribution in [0.5, 0.6) is 0 Å². The summed E-state index contributed by atoms with van der Waals surface area (Å²) in [6, 6.07) is 8.09. The Bertz CT molecular complexity index is 864. The smallest absolute Gasteiger partial charge is 0.307 e. The van der Waals surface area contributed by atoms with Gasteiger partial charge in [-0.15, -0.1) is 11.3 Å². The Kier molecular flexibility index (Phi) is 5.02.